The maximum atomic E-state index is 14.7. The maximum absolute atomic E-state index is 14.7. The highest BCUT2D eigenvalue weighted by Gasteiger charge is 2.29. The molecule has 1 atom stereocenters. The van der Waals surface area contributed by atoms with Crippen molar-refractivity contribution >= 4 is 33.0 Å². The first kappa shape index (κ1) is 18.2. The van der Waals surface area contributed by atoms with Gasteiger partial charge in [-0.3, -0.25) is 0 Å². The molecule has 1 aliphatic heterocycles. The van der Waals surface area contributed by atoms with Crippen molar-refractivity contribution < 1.29 is 18.1 Å². The van der Waals surface area contributed by atoms with E-state index in [0.717, 1.165) is 65.1 Å². The summed E-state index contributed by atoms with van der Waals surface area (Å²) in [6.45, 7) is 0.613. The van der Waals surface area contributed by atoms with Crippen LogP contribution in [0.1, 0.15) is 39.1 Å². The van der Waals surface area contributed by atoms with Gasteiger partial charge in [0.05, 0.1) is 13.2 Å². The van der Waals surface area contributed by atoms with Crippen molar-refractivity contribution in [2.45, 2.75) is 49.3 Å². The number of benzene rings is 1. The molecule has 2 aromatic rings. The number of nitrogens with two attached hydrogens (primary N) is 1. The Kier molecular flexibility index (Phi) is 4.31. The number of ether oxygens (including phenoxy) is 1. The van der Waals surface area contributed by atoms with Crippen LogP contribution in [0.15, 0.2) is 14.6 Å². The van der Waals surface area contributed by atoms with E-state index >= 15 is 0 Å². The number of thiophene rings is 1. The molecule has 3 aliphatic rings. The molecule has 3 N–H and O–H groups in total. The van der Waals surface area contributed by atoms with Gasteiger partial charge in [-0.25, -0.2) is 18.5 Å². The lowest BCUT2D eigenvalue weighted by Crippen LogP contribution is -2.21. The van der Waals surface area contributed by atoms with E-state index in [-0.39, 0.29) is 10.8 Å². The Labute approximate surface area is 166 Å². The van der Waals surface area contributed by atoms with Gasteiger partial charge in [0.15, 0.2) is 19.9 Å². The molecule has 1 unspecified atom stereocenters. The number of nitrogens with zero attached hydrogens (tertiary/aromatic N) is 1. The van der Waals surface area contributed by atoms with Crippen LogP contribution in [0.3, 0.4) is 0 Å². The van der Waals surface area contributed by atoms with Crippen LogP contribution in [0.4, 0.5) is 14.9 Å². The van der Waals surface area contributed by atoms with Crippen molar-refractivity contribution in [1.29, 1.82) is 0 Å². The lowest BCUT2D eigenvalue weighted by atomic mass is 9.83. The summed E-state index contributed by atoms with van der Waals surface area (Å²) >= 11 is 1.02. The maximum Gasteiger partial charge on any atom is 0.354 e. The summed E-state index contributed by atoms with van der Waals surface area (Å²) in [6.07, 6.45) is 5.42. The number of anilines is 1. The van der Waals surface area contributed by atoms with Gasteiger partial charge < -0.3 is 10.1 Å². The monoisotopic (exact) mass is 421 g/mol. The summed E-state index contributed by atoms with van der Waals surface area (Å²) in [6, 6.07) is 1.44. The van der Waals surface area contributed by atoms with Crippen LogP contribution < -0.4 is 10.5 Å². The Morgan fingerprint density at radius 1 is 1.18 bits per heavy atom. The molecule has 9 heteroatoms. The molecule has 0 saturated carbocycles. The zero-order valence-corrected chi connectivity index (χ0v) is 16.8. The van der Waals surface area contributed by atoms with Gasteiger partial charge in [0.2, 0.25) is 0 Å². The number of urea groups is 1. The number of carbonyl (C=O) groups is 1. The van der Waals surface area contributed by atoms with E-state index < -0.39 is 21.8 Å². The molecule has 2 aliphatic carbocycles. The molecule has 1 aromatic carbocycles. The fraction of sp³-hybridized carbons (Fsp3) is 0.421. The summed E-state index contributed by atoms with van der Waals surface area (Å²) < 4.78 is 36.3. The minimum atomic E-state index is -3.67. The smallest absolute Gasteiger partial charge is 0.354 e. The average molecular weight is 422 g/mol. The fourth-order valence-electron chi connectivity index (χ4n) is 4.23. The minimum Gasteiger partial charge on any atom is -0.376 e. The number of amides is 2. The molecule has 0 fully saturated rings. The van der Waals surface area contributed by atoms with Crippen LogP contribution in [0.5, 0.6) is 0 Å². The molecule has 2 amide bonds. The van der Waals surface area contributed by atoms with Crippen LogP contribution in [-0.4, -0.2) is 16.8 Å². The van der Waals surface area contributed by atoms with E-state index in [0.29, 0.717) is 18.6 Å². The van der Waals surface area contributed by atoms with Gasteiger partial charge in [0.1, 0.15) is 0 Å². The number of halogens is 1. The van der Waals surface area contributed by atoms with Crippen LogP contribution in [0.25, 0.3) is 0 Å². The molecular weight excluding hydrogens is 401 g/mol. The second-order valence-electron chi connectivity index (χ2n) is 7.38. The van der Waals surface area contributed by atoms with Crippen molar-refractivity contribution in [2.75, 3.05) is 11.9 Å². The van der Waals surface area contributed by atoms with Crippen molar-refractivity contribution in [2.24, 2.45) is 9.50 Å². The van der Waals surface area contributed by atoms with Gasteiger partial charge in [-0.05, 0) is 54.4 Å². The van der Waals surface area contributed by atoms with E-state index in [2.05, 4.69) is 15.7 Å². The van der Waals surface area contributed by atoms with Crippen molar-refractivity contribution in [3.63, 3.8) is 0 Å². The van der Waals surface area contributed by atoms with Gasteiger partial charge in [0, 0.05) is 22.5 Å². The van der Waals surface area contributed by atoms with Gasteiger partial charge in [0.25, 0.3) is 0 Å². The lowest BCUT2D eigenvalue weighted by molar-refractivity contribution is 0.109. The van der Waals surface area contributed by atoms with Crippen molar-refractivity contribution in [3.05, 3.63) is 44.6 Å². The number of carbonyl (C=O) groups excluding carboxylic acids is 1. The van der Waals surface area contributed by atoms with Gasteiger partial charge in [-0.2, -0.15) is 0 Å². The number of rotatable bonds is 2. The quantitative estimate of drug-likeness (QED) is 0.777. The van der Waals surface area contributed by atoms with E-state index in [9.17, 15) is 13.4 Å². The normalized spacial score (nSPS) is 19.1. The molecule has 2 heterocycles. The number of hydrogen-bond donors (Lipinski definition) is 2. The highest BCUT2D eigenvalue weighted by Crippen LogP contribution is 2.40. The Hall–Kier alpha value is -1.81. The summed E-state index contributed by atoms with van der Waals surface area (Å²) in [5.74, 6) is -0.659. The minimum absolute atomic E-state index is 0.127. The third-order valence-electron chi connectivity index (χ3n) is 5.68. The SMILES string of the molecule is NS(=O)(=NC(=O)Nc1c2c(cc3c1CC3)CCC2)c1sc2c(c1F)COCC2. The van der Waals surface area contributed by atoms with E-state index in [1.54, 1.807) is 0 Å². The van der Waals surface area contributed by atoms with E-state index in [1.807, 2.05) is 0 Å². The molecular formula is C19H20FN3O3S2. The predicted octanol–water partition coefficient (Wildman–Crippen LogP) is 3.48. The summed E-state index contributed by atoms with van der Waals surface area (Å²) in [7, 11) is -3.67. The molecule has 0 spiro atoms. The average Bonchev–Trinajstić information content (AvgIpc) is 3.22. The molecule has 5 rings (SSSR count). The first-order chi connectivity index (χ1) is 13.4. The fourth-order valence-corrected chi connectivity index (χ4v) is 6.77. The molecule has 0 radical (unpaired) electrons. The van der Waals surface area contributed by atoms with Gasteiger partial charge in [-0.15, -0.1) is 15.7 Å². The number of hydrogen-bond acceptors (Lipinski definition) is 4. The summed E-state index contributed by atoms with van der Waals surface area (Å²) in [4.78, 5) is 13.3. The van der Waals surface area contributed by atoms with Crippen LogP contribution in [-0.2, 0) is 53.4 Å². The second-order valence-corrected chi connectivity index (χ2v) is 10.5. The molecule has 28 heavy (non-hydrogen) atoms. The van der Waals surface area contributed by atoms with E-state index in [4.69, 9.17) is 9.88 Å². The van der Waals surface area contributed by atoms with Crippen molar-refractivity contribution in [1.82, 2.24) is 0 Å². The summed E-state index contributed by atoms with van der Waals surface area (Å²) in [5.41, 5.74) is 5.95. The van der Waals surface area contributed by atoms with Gasteiger partial charge >= 0.3 is 6.03 Å². The topological polar surface area (TPSA) is 93.8 Å². The summed E-state index contributed by atoms with van der Waals surface area (Å²) in [5, 5.41) is 8.63. The molecule has 0 bridgehead atoms. The predicted molar refractivity (Wildman–Crippen MR) is 106 cm³/mol. The van der Waals surface area contributed by atoms with E-state index in [1.165, 1.54) is 11.1 Å². The number of nitrogens with one attached hydrogen (secondary N) is 1. The second kappa shape index (κ2) is 6.62. The zero-order chi connectivity index (χ0) is 19.5. The molecule has 0 saturated heterocycles. The van der Waals surface area contributed by atoms with Crippen LogP contribution in [0, 0.1) is 5.82 Å². The van der Waals surface area contributed by atoms with Crippen LogP contribution in [0.2, 0.25) is 0 Å². The lowest BCUT2D eigenvalue weighted by Gasteiger charge is -2.25. The highest BCUT2D eigenvalue weighted by molar-refractivity contribution is 7.93. The highest BCUT2D eigenvalue weighted by atomic mass is 32.2. The Morgan fingerprint density at radius 2 is 1.96 bits per heavy atom. The Bertz CT molecular complexity index is 1130. The largest absolute Gasteiger partial charge is 0.376 e. The molecule has 1 aromatic heterocycles. The Morgan fingerprint density at radius 3 is 2.71 bits per heavy atom. The van der Waals surface area contributed by atoms with Crippen molar-refractivity contribution in [3.8, 4) is 0 Å². The molecule has 148 valence electrons. The number of aryl methyl sites for hydroxylation is 2. The first-order valence-corrected chi connectivity index (χ1v) is 11.7. The standard InChI is InChI=1S/C19H20FN3O3S2/c20-16-14-9-26-7-6-15(14)27-18(16)28(21,25)23-19(24)22-17-12-3-1-2-10(12)8-11-4-5-13(11)17/h8H,1-7,9H2,(H3,21,22,23,24,25). The molecule has 6 nitrogen and oxygen atoms in total. The van der Waals surface area contributed by atoms with Crippen LogP contribution >= 0.6 is 11.3 Å². The van der Waals surface area contributed by atoms with Gasteiger partial charge in [-0.1, -0.05) is 6.07 Å². The zero-order valence-electron chi connectivity index (χ0n) is 15.2. The Balaban J connectivity index is 1.48. The third-order valence-corrected chi connectivity index (χ3v) is 8.85. The number of fused-ring (bicyclic) bond motifs is 3. The third kappa shape index (κ3) is 2.88. The first-order valence-electron chi connectivity index (χ1n) is 9.34.